The molecule has 3 aromatic carbocycles. The number of amides is 1. The van der Waals surface area contributed by atoms with Gasteiger partial charge in [-0.25, -0.2) is 0 Å². The number of benzene rings is 3. The van der Waals surface area contributed by atoms with Crippen molar-refractivity contribution in [3.05, 3.63) is 90.0 Å². The molecule has 0 saturated heterocycles. The van der Waals surface area contributed by atoms with Gasteiger partial charge in [-0.3, -0.25) is 9.59 Å². The number of para-hydroxylation sites is 1. The molecule has 1 N–H and O–H groups in total. The van der Waals surface area contributed by atoms with Crippen molar-refractivity contribution in [1.29, 1.82) is 0 Å². The molecule has 3 rings (SSSR count). The first kappa shape index (κ1) is 21.1. The zero-order chi connectivity index (χ0) is 21.3. The van der Waals surface area contributed by atoms with E-state index in [0.29, 0.717) is 5.75 Å². The third kappa shape index (κ3) is 5.70. The average molecular weight is 403 g/mol. The largest absolute Gasteiger partial charge is 0.496 e. The van der Waals surface area contributed by atoms with E-state index in [-0.39, 0.29) is 25.0 Å². The molecule has 0 aliphatic heterocycles. The predicted octanol–water partition coefficient (Wildman–Crippen LogP) is 4.33. The lowest BCUT2D eigenvalue weighted by atomic mass is 10.0. The number of methoxy groups -OCH3 is 1. The van der Waals surface area contributed by atoms with Crippen LogP contribution in [0.4, 0.5) is 0 Å². The van der Waals surface area contributed by atoms with Crippen LogP contribution in [-0.4, -0.2) is 25.6 Å². The predicted molar refractivity (Wildman–Crippen MR) is 116 cm³/mol. The first-order chi connectivity index (χ1) is 14.6. The summed E-state index contributed by atoms with van der Waals surface area (Å²) in [5, 5.41) is 2.82. The van der Waals surface area contributed by atoms with Crippen LogP contribution in [-0.2, 0) is 20.7 Å². The van der Waals surface area contributed by atoms with E-state index in [2.05, 4.69) is 5.32 Å². The Balaban J connectivity index is 1.48. The van der Waals surface area contributed by atoms with Crippen LogP contribution in [0.2, 0.25) is 0 Å². The quantitative estimate of drug-likeness (QED) is 0.569. The maximum Gasteiger partial charge on any atom is 0.310 e. The number of carbonyl (C=O) groups is 2. The van der Waals surface area contributed by atoms with Gasteiger partial charge >= 0.3 is 5.97 Å². The number of hydrogen-bond acceptors (Lipinski definition) is 4. The lowest BCUT2D eigenvalue weighted by Gasteiger charge is -2.17. The molecule has 0 fully saturated rings. The Morgan fingerprint density at radius 1 is 0.867 bits per heavy atom. The van der Waals surface area contributed by atoms with Gasteiger partial charge in [-0.05, 0) is 29.7 Å². The summed E-state index contributed by atoms with van der Waals surface area (Å²) in [6.07, 6.45) is 0.115. The normalized spacial score (nSPS) is 11.4. The topological polar surface area (TPSA) is 64.6 Å². The smallest absolute Gasteiger partial charge is 0.310 e. The van der Waals surface area contributed by atoms with E-state index < -0.39 is 5.97 Å². The van der Waals surface area contributed by atoms with E-state index in [1.165, 1.54) is 0 Å². The number of esters is 1. The molecule has 0 heterocycles. The lowest BCUT2D eigenvalue weighted by Crippen LogP contribution is -2.31. The minimum Gasteiger partial charge on any atom is -0.496 e. The van der Waals surface area contributed by atoms with Gasteiger partial charge in [0.05, 0.1) is 19.6 Å². The molecule has 1 amide bonds. The maximum atomic E-state index is 12.2. The monoisotopic (exact) mass is 403 g/mol. The number of carbonyl (C=O) groups excluding carboxylic acids is 2. The highest BCUT2D eigenvalue weighted by Gasteiger charge is 2.15. The molecule has 0 radical (unpaired) electrons. The number of hydrogen-bond donors (Lipinski definition) is 1. The van der Waals surface area contributed by atoms with Gasteiger partial charge in [0.15, 0.2) is 6.61 Å². The fourth-order valence-corrected chi connectivity index (χ4v) is 3.19. The van der Waals surface area contributed by atoms with Gasteiger partial charge in [0.2, 0.25) is 0 Å². The molecule has 0 aliphatic carbocycles. The fraction of sp³-hybridized carbons (Fsp3) is 0.200. The molecule has 0 spiro atoms. The Labute approximate surface area is 176 Å². The zero-order valence-electron chi connectivity index (χ0n) is 17.1. The van der Waals surface area contributed by atoms with Crippen molar-refractivity contribution >= 4 is 11.9 Å². The van der Waals surface area contributed by atoms with Crippen LogP contribution in [0.15, 0.2) is 78.9 Å². The van der Waals surface area contributed by atoms with Crippen LogP contribution in [0.1, 0.15) is 24.1 Å². The van der Waals surface area contributed by atoms with Crippen molar-refractivity contribution in [1.82, 2.24) is 5.32 Å². The molecule has 1 atom stereocenters. The summed E-state index contributed by atoms with van der Waals surface area (Å²) >= 11 is 0. The minimum absolute atomic E-state index is 0.115. The fourth-order valence-electron chi connectivity index (χ4n) is 3.19. The Bertz CT molecular complexity index is 984. The molecule has 0 bridgehead atoms. The van der Waals surface area contributed by atoms with Crippen molar-refractivity contribution in [2.75, 3.05) is 13.7 Å². The van der Waals surface area contributed by atoms with Crippen molar-refractivity contribution in [3.63, 3.8) is 0 Å². The minimum atomic E-state index is -0.442. The first-order valence-electron chi connectivity index (χ1n) is 9.79. The van der Waals surface area contributed by atoms with Crippen LogP contribution in [0.25, 0.3) is 11.1 Å². The summed E-state index contributed by atoms with van der Waals surface area (Å²) in [5.74, 6) is -0.106. The van der Waals surface area contributed by atoms with E-state index in [4.69, 9.17) is 9.47 Å². The van der Waals surface area contributed by atoms with Gasteiger partial charge in [-0.2, -0.15) is 0 Å². The van der Waals surface area contributed by atoms with Crippen molar-refractivity contribution in [2.24, 2.45) is 0 Å². The second kappa shape index (κ2) is 10.3. The standard InChI is InChI=1S/C25H25NO4/c1-18(22-10-6-7-11-23(22)29-2)26-24(27)17-30-25(28)16-19-12-14-21(15-13-19)20-8-4-3-5-9-20/h3-15,18H,16-17H2,1-2H3,(H,26,27). The second-order valence-electron chi connectivity index (χ2n) is 6.93. The van der Waals surface area contributed by atoms with E-state index in [1.54, 1.807) is 7.11 Å². The van der Waals surface area contributed by atoms with Gasteiger partial charge in [0, 0.05) is 5.56 Å². The molecular formula is C25H25NO4. The number of ether oxygens (including phenoxy) is 2. The van der Waals surface area contributed by atoms with E-state index in [1.807, 2.05) is 85.8 Å². The third-order valence-electron chi connectivity index (χ3n) is 4.76. The van der Waals surface area contributed by atoms with Crippen molar-refractivity contribution < 1.29 is 19.1 Å². The van der Waals surface area contributed by atoms with Crippen LogP contribution in [0, 0.1) is 0 Å². The molecule has 3 aromatic rings. The van der Waals surface area contributed by atoms with Gasteiger partial charge in [0.1, 0.15) is 5.75 Å². The van der Waals surface area contributed by atoms with Gasteiger partial charge in [-0.15, -0.1) is 0 Å². The van der Waals surface area contributed by atoms with Crippen LogP contribution >= 0.6 is 0 Å². The molecular weight excluding hydrogens is 378 g/mol. The Morgan fingerprint density at radius 3 is 2.20 bits per heavy atom. The highest BCUT2D eigenvalue weighted by Crippen LogP contribution is 2.24. The molecule has 0 aliphatic rings. The highest BCUT2D eigenvalue weighted by molar-refractivity contribution is 5.81. The second-order valence-corrected chi connectivity index (χ2v) is 6.93. The SMILES string of the molecule is COc1ccccc1C(C)NC(=O)COC(=O)Cc1ccc(-c2ccccc2)cc1. The summed E-state index contributed by atoms with van der Waals surface area (Å²) < 4.78 is 10.4. The highest BCUT2D eigenvalue weighted by atomic mass is 16.5. The molecule has 0 saturated carbocycles. The molecule has 1 unspecified atom stereocenters. The van der Waals surface area contributed by atoms with Crippen LogP contribution in [0.5, 0.6) is 5.75 Å². The van der Waals surface area contributed by atoms with Crippen LogP contribution in [0.3, 0.4) is 0 Å². The lowest BCUT2D eigenvalue weighted by molar-refractivity contribution is -0.148. The summed E-state index contributed by atoms with van der Waals surface area (Å²) in [7, 11) is 1.58. The van der Waals surface area contributed by atoms with E-state index in [9.17, 15) is 9.59 Å². The third-order valence-corrected chi connectivity index (χ3v) is 4.76. The molecule has 5 heteroatoms. The van der Waals surface area contributed by atoms with Crippen molar-refractivity contribution in [3.8, 4) is 16.9 Å². The average Bonchev–Trinajstić information content (AvgIpc) is 2.78. The molecule has 30 heavy (non-hydrogen) atoms. The summed E-state index contributed by atoms with van der Waals surface area (Å²) in [4.78, 5) is 24.3. The van der Waals surface area contributed by atoms with Crippen molar-refractivity contribution in [2.45, 2.75) is 19.4 Å². The Kier molecular flexibility index (Phi) is 7.22. The van der Waals surface area contributed by atoms with Gasteiger partial charge < -0.3 is 14.8 Å². The van der Waals surface area contributed by atoms with Gasteiger partial charge in [-0.1, -0.05) is 72.8 Å². The Hall–Kier alpha value is -3.60. The maximum absolute atomic E-state index is 12.2. The summed E-state index contributed by atoms with van der Waals surface area (Å²) in [5.41, 5.74) is 3.89. The Morgan fingerprint density at radius 2 is 1.50 bits per heavy atom. The van der Waals surface area contributed by atoms with E-state index >= 15 is 0 Å². The van der Waals surface area contributed by atoms with Crippen LogP contribution < -0.4 is 10.1 Å². The summed E-state index contributed by atoms with van der Waals surface area (Å²) in [6.45, 7) is 1.53. The van der Waals surface area contributed by atoms with E-state index in [0.717, 1.165) is 22.3 Å². The molecule has 0 aromatic heterocycles. The first-order valence-corrected chi connectivity index (χ1v) is 9.79. The van der Waals surface area contributed by atoms with Gasteiger partial charge in [0.25, 0.3) is 5.91 Å². The molecule has 5 nitrogen and oxygen atoms in total. The molecule has 154 valence electrons. The zero-order valence-corrected chi connectivity index (χ0v) is 17.1. The summed E-state index contributed by atoms with van der Waals surface area (Å²) in [6, 6.07) is 25.0. The number of nitrogens with one attached hydrogen (secondary N) is 1. The number of rotatable bonds is 8.